The Labute approximate surface area is 128 Å². The third kappa shape index (κ3) is 4.14. The van der Waals surface area contributed by atoms with Crippen LogP contribution in [0, 0.1) is 0 Å². The van der Waals surface area contributed by atoms with Gasteiger partial charge in [0.05, 0.1) is 12.7 Å². The van der Waals surface area contributed by atoms with Crippen molar-refractivity contribution in [2.45, 2.75) is 25.4 Å². The molecule has 1 aliphatic rings. The molecule has 1 atom stereocenters. The zero-order chi connectivity index (χ0) is 14.5. The SMILES string of the molecule is CP(OCCc1ccccc1)OC1Cc2ccccc2C1. The Bertz CT molecular complexity index is 545. The smallest absolute Gasteiger partial charge is 0.167 e. The number of fused-ring (bicyclic) bond motifs is 1. The van der Waals surface area contributed by atoms with E-state index < -0.39 is 8.38 Å². The van der Waals surface area contributed by atoms with Crippen LogP contribution >= 0.6 is 8.38 Å². The molecule has 0 aliphatic heterocycles. The number of rotatable bonds is 6. The van der Waals surface area contributed by atoms with Crippen LogP contribution in [0.4, 0.5) is 0 Å². The van der Waals surface area contributed by atoms with Crippen molar-refractivity contribution in [3.63, 3.8) is 0 Å². The topological polar surface area (TPSA) is 18.5 Å². The van der Waals surface area contributed by atoms with Crippen LogP contribution in [-0.2, 0) is 28.3 Å². The molecule has 1 aliphatic carbocycles. The van der Waals surface area contributed by atoms with E-state index in [1.165, 1.54) is 16.7 Å². The Balaban J connectivity index is 1.40. The molecule has 0 radical (unpaired) electrons. The summed E-state index contributed by atoms with van der Waals surface area (Å²) >= 11 is 0. The summed E-state index contributed by atoms with van der Waals surface area (Å²) in [7, 11) is -0.790. The third-order valence-electron chi connectivity index (χ3n) is 3.82. The third-order valence-corrected chi connectivity index (χ3v) is 4.96. The molecule has 0 spiro atoms. The molecule has 0 amide bonds. The molecule has 0 bridgehead atoms. The molecule has 0 saturated carbocycles. The molecule has 3 heteroatoms. The van der Waals surface area contributed by atoms with Crippen molar-refractivity contribution in [1.82, 2.24) is 0 Å². The van der Waals surface area contributed by atoms with Gasteiger partial charge in [0.2, 0.25) is 0 Å². The highest BCUT2D eigenvalue weighted by Gasteiger charge is 2.23. The standard InChI is InChI=1S/C18H21O2P/c1-21(19-12-11-15-7-3-2-4-8-15)20-18-13-16-9-5-6-10-17(16)14-18/h2-10,18H,11-14H2,1H3. The van der Waals surface area contributed by atoms with Crippen LogP contribution in [0.5, 0.6) is 0 Å². The quantitative estimate of drug-likeness (QED) is 0.737. The zero-order valence-electron chi connectivity index (χ0n) is 12.4. The summed E-state index contributed by atoms with van der Waals surface area (Å²) < 4.78 is 11.9. The maximum absolute atomic E-state index is 6.07. The fourth-order valence-corrected chi connectivity index (χ4v) is 3.75. The summed E-state index contributed by atoms with van der Waals surface area (Å²) in [6.45, 7) is 2.79. The normalized spacial score (nSPS) is 15.9. The largest absolute Gasteiger partial charge is 0.334 e. The highest BCUT2D eigenvalue weighted by Crippen LogP contribution is 2.39. The van der Waals surface area contributed by atoms with Gasteiger partial charge in [0.15, 0.2) is 8.38 Å². The predicted octanol–water partition coefficient (Wildman–Crippen LogP) is 4.37. The van der Waals surface area contributed by atoms with Crippen molar-refractivity contribution in [1.29, 1.82) is 0 Å². The van der Waals surface area contributed by atoms with E-state index in [1.807, 2.05) is 6.07 Å². The molecule has 110 valence electrons. The van der Waals surface area contributed by atoms with Gasteiger partial charge in [-0.1, -0.05) is 54.6 Å². The molecule has 0 heterocycles. The van der Waals surface area contributed by atoms with E-state index in [4.69, 9.17) is 9.05 Å². The molecular weight excluding hydrogens is 279 g/mol. The molecule has 2 aromatic carbocycles. The Kier molecular flexibility index (Phi) is 5.03. The second-order valence-electron chi connectivity index (χ2n) is 5.41. The minimum Gasteiger partial charge on any atom is -0.334 e. The molecule has 2 aromatic rings. The van der Waals surface area contributed by atoms with Crippen LogP contribution in [0.15, 0.2) is 54.6 Å². The Morgan fingerprint density at radius 3 is 2.24 bits per heavy atom. The van der Waals surface area contributed by atoms with E-state index in [-0.39, 0.29) is 6.10 Å². The van der Waals surface area contributed by atoms with Gasteiger partial charge in [0.25, 0.3) is 0 Å². The maximum atomic E-state index is 6.07. The van der Waals surface area contributed by atoms with Gasteiger partial charge in [-0.15, -0.1) is 0 Å². The molecule has 2 nitrogen and oxygen atoms in total. The number of hydrogen-bond acceptors (Lipinski definition) is 2. The molecule has 0 saturated heterocycles. The van der Waals surface area contributed by atoms with Gasteiger partial charge in [-0.25, -0.2) is 0 Å². The predicted molar refractivity (Wildman–Crippen MR) is 87.7 cm³/mol. The van der Waals surface area contributed by atoms with Crippen molar-refractivity contribution in [2.75, 3.05) is 13.3 Å². The highest BCUT2D eigenvalue weighted by molar-refractivity contribution is 7.46. The van der Waals surface area contributed by atoms with E-state index in [0.717, 1.165) is 25.9 Å². The van der Waals surface area contributed by atoms with Crippen LogP contribution in [0.1, 0.15) is 16.7 Å². The number of hydrogen-bond donors (Lipinski definition) is 0. The Morgan fingerprint density at radius 1 is 0.952 bits per heavy atom. The lowest BCUT2D eigenvalue weighted by molar-refractivity contribution is 0.190. The van der Waals surface area contributed by atoms with Gasteiger partial charge < -0.3 is 9.05 Å². The lowest BCUT2D eigenvalue weighted by Crippen LogP contribution is -2.10. The molecule has 3 rings (SSSR count). The lowest BCUT2D eigenvalue weighted by Gasteiger charge is -2.17. The first kappa shape index (κ1) is 14.7. The molecule has 0 fully saturated rings. The van der Waals surface area contributed by atoms with Crippen LogP contribution < -0.4 is 0 Å². The fraction of sp³-hybridized carbons (Fsp3) is 0.333. The molecule has 21 heavy (non-hydrogen) atoms. The van der Waals surface area contributed by atoms with Crippen molar-refractivity contribution in [3.05, 3.63) is 71.3 Å². The first-order chi connectivity index (χ1) is 10.3. The van der Waals surface area contributed by atoms with E-state index in [9.17, 15) is 0 Å². The van der Waals surface area contributed by atoms with Crippen LogP contribution in [-0.4, -0.2) is 19.4 Å². The fourth-order valence-electron chi connectivity index (χ4n) is 2.77. The molecule has 0 N–H and O–H groups in total. The van der Waals surface area contributed by atoms with E-state index in [1.54, 1.807) is 0 Å². The van der Waals surface area contributed by atoms with Crippen molar-refractivity contribution in [3.8, 4) is 0 Å². The summed E-state index contributed by atoms with van der Waals surface area (Å²) in [6, 6.07) is 19.1. The average molecular weight is 300 g/mol. The summed E-state index contributed by atoms with van der Waals surface area (Å²) in [5, 5.41) is 0. The average Bonchev–Trinajstić information content (AvgIpc) is 2.90. The van der Waals surface area contributed by atoms with E-state index in [0.29, 0.717) is 0 Å². The van der Waals surface area contributed by atoms with Gasteiger partial charge in [-0.3, -0.25) is 0 Å². The minimum atomic E-state index is -0.790. The first-order valence-corrected chi connectivity index (χ1v) is 9.08. The molecule has 1 unspecified atom stereocenters. The van der Waals surface area contributed by atoms with Gasteiger partial charge in [0.1, 0.15) is 0 Å². The maximum Gasteiger partial charge on any atom is 0.167 e. The zero-order valence-corrected chi connectivity index (χ0v) is 13.3. The Hall–Kier alpha value is -1.21. The second kappa shape index (κ2) is 7.17. The molecular formula is C18H21O2P. The van der Waals surface area contributed by atoms with E-state index >= 15 is 0 Å². The minimum absolute atomic E-state index is 0.287. The van der Waals surface area contributed by atoms with Crippen molar-refractivity contribution in [2.24, 2.45) is 0 Å². The first-order valence-electron chi connectivity index (χ1n) is 7.45. The number of benzene rings is 2. The van der Waals surface area contributed by atoms with Crippen LogP contribution in [0.2, 0.25) is 0 Å². The van der Waals surface area contributed by atoms with Crippen molar-refractivity contribution < 1.29 is 9.05 Å². The summed E-state index contributed by atoms with van der Waals surface area (Å²) in [4.78, 5) is 0. The van der Waals surface area contributed by atoms with Gasteiger partial charge in [0, 0.05) is 6.66 Å². The Morgan fingerprint density at radius 2 is 1.57 bits per heavy atom. The van der Waals surface area contributed by atoms with Gasteiger partial charge in [-0.2, -0.15) is 0 Å². The second-order valence-corrected chi connectivity index (χ2v) is 6.76. The van der Waals surface area contributed by atoms with Gasteiger partial charge in [-0.05, 0) is 36.0 Å². The summed E-state index contributed by atoms with van der Waals surface area (Å²) in [5.41, 5.74) is 4.17. The van der Waals surface area contributed by atoms with Crippen LogP contribution in [0.3, 0.4) is 0 Å². The lowest BCUT2D eigenvalue weighted by atomic mass is 10.1. The van der Waals surface area contributed by atoms with Crippen molar-refractivity contribution >= 4 is 8.38 Å². The summed E-state index contributed by atoms with van der Waals surface area (Å²) in [6.07, 6.45) is 3.27. The highest BCUT2D eigenvalue weighted by atomic mass is 31.2. The van der Waals surface area contributed by atoms with Crippen LogP contribution in [0.25, 0.3) is 0 Å². The summed E-state index contributed by atoms with van der Waals surface area (Å²) in [5.74, 6) is 0. The monoisotopic (exact) mass is 300 g/mol. The van der Waals surface area contributed by atoms with E-state index in [2.05, 4.69) is 55.2 Å². The molecule has 0 aromatic heterocycles. The van der Waals surface area contributed by atoms with Gasteiger partial charge >= 0.3 is 0 Å².